The third-order valence-electron chi connectivity index (χ3n) is 2.64. The molecule has 1 unspecified atom stereocenters. The summed E-state index contributed by atoms with van der Waals surface area (Å²) in [5.74, 6) is -0.498. The predicted molar refractivity (Wildman–Crippen MR) is 78.4 cm³/mol. The maximum Gasteiger partial charge on any atom is 0.415 e. The van der Waals surface area contributed by atoms with Crippen LogP contribution in [0.25, 0.3) is 0 Å². The highest BCUT2D eigenvalue weighted by Gasteiger charge is 2.43. The summed E-state index contributed by atoms with van der Waals surface area (Å²) in [5, 5.41) is 3.10. The number of aromatic nitrogens is 2. The summed E-state index contributed by atoms with van der Waals surface area (Å²) in [5.41, 5.74) is -0.132. The highest BCUT2D eigenvalue weighted by Crippen LogP contribution is 2.33. The number of hydrogen-bond donors (Lipinski definition) is 1. The Morgan fingerprint density at radius 2 is 2.04 bits per heavy atom. The molecule has 0 spiro atoms. The van der Waals surface area contributed by atoms with Gasteiger partial charge in [0.25, 0.3) is 5.91 Å². The van der Waals surface area contributed by atoms with E-state index < -0.39 is 18.1 Å². The van der Waals surface area contributed by atoms with E-state index in [1.807, 2.05) is 19.2 Å². The van der Waals surface area contributed by atoms with Crippen molar-refractivity contribution in [1.29, 1.82) is 0 Å². The Labute approximate surface area is 134 Å². The van der Waals surface area contributed by atoms with Crippen LogP contribution in [0.1, 0.15) is 35.4 Å². The van der Waals surface area contributed by atoms with E-state index in [-0.39, 0.29) is 16.8 Å². The van der Waals surface area contributed by atoms with Gasteiger partial charge in [0.2, 0.25) is 0 Å². The second kappa shape index (κ2) is 6.95. The molecule has 0 radical (unpaired) electrons. The van der Waals surface area contributed by atoms with Crippen molar-refractivity contribution < 1.29 is 22.7 Å². The van der Waals surface area contributed by atoms with E-state index in [1.54, 1.807) is 0 Å². The number of carbonyl (C=O) groups excluding carboxylic acids is 1. The maximum absolute atomic E-state index is 13.1. The molecule has 9 heteroatoms. The molecule has 23 heavy (non-hydrogen) atoms. The van der Waals surface area contributed by atoms with Gasteiger partial charge in [0.1, 0.15) is 16.5 Å². The zero-order valence-electron chi connectivity index (χ0n) is 12.3. The smallest absolute Gasteiger partial charge is 0.415 e. The van der Waals surface area contributed by atoms with Crippen molar-refractivity contribution in [2.24, 2.45) is 0 Å². The number of nitrogens with zero attached hydrogens (tertiary/aromatic N) is 2. The van der Waals surface area contributed by atoms with E-state index in [1.165, 1.54) is 29.9 Å². The van der Waals surface area contributed by atoms with Crippen molar-refractivity contribution in [3.05, 3.63) is 40.6 Å². The first kappa shape index (κ1) is 17.2. The molecule has 1 amide bonds. The molecule has 0 saturated carbocycles. The highest BCUT2D eigenvalue weighted by atomic mass is 32.1. The largest absolute Gasteiger partial charge is 0.489 e. The lowest BCUT2D eigenvalue weighted by Crippen LogP contribution is -2.38. The summed E-state index contributed by atoms with van der Waals surface area (Å²) in [6, 6.07) is 0.624. The number of nitrogens with one attached hydrogen (secondary N) is 1. The van der Waals surface area contributed by atoms with Crippen LogP contribution in [0.3, 0.4) is 0 Å². The quantitative estimate of drug-likeness (QED) is 0.902. The van der Waals surface area contributed by atoms with Gasteiger partial charge in [-0.1, -0.05) is 0 Å². The third-order valence-corrected chi connectivity index (χ3v) is 3.48. The van der Waals surface area contributed by atoms with Gasteiger partial charge in [-0.05, 0) is 26.0 Å². The van der Waals surface area contributed by atoms with Crippen LogP contribution >= 0.6 is 11.3 Å². The molecule has 0 aliphatic rings. The first-order valence-electron chi connectivity index (χ1n) is 6.67. The number of amides is 1. The second-order valence-corrected chi connectivity index (χ2v) is 5.79. The van der Waals surface area contributed by atoms with E-state index >= 15 is 0 Å². The lowest BCUT2D eigenvalue weighted by molar-refractivity contribution is -0.155. The van der Waals surface area contributed by atoms with Gasteiger partial charge in [-0.25, -0.2) is 9.97 Å². The molecule has 0 aliphatic heterocycles. The van der Waals surface area contributed by atoms with Crippen molar-refractivity contribution in [1.82, 2.24) is 15.3 Å². The zero-order chi connectivity index (χ0) is 17.0. The van der Waals surface area contributed by atoms with Crippen LogP contribution in [0.5, 0.6) is 5.75 Å². The summed E-state index contributed by atoms with van der Waals surface area (Å²) in [7, 11) is 0. The minimum absolute atomic E-state index is 0.0732. The van der Waals surface area contributed by atoms with Crippen LogP contribution in [0.2, 0.25) is 0 Å². The fourth-order valence-corrected chi connectivity index (χ4v) is 2.43. The number of carbonyl (C=O) groups is 1. The Bertz CT molecular complexity index is 642. The summed E-state index contributed by atoms with van der Waals surface area (Å²) < 4.78 is 44.6. The molecule has 2 heterocycles. The van der Waals surface area contributed by atoms with E-state index in [0.29, 0.717) is 5.75 Å². The Morgan fingerprint density at radius 3 is 2.52 bits per heavy atom. The fraction of sp³-hybridized carbons (Fsp3) is 0.357. The van der Waals surface area contributed by atoms with Crippen molar-refractivity contribution in [2.75, 3.05) is 0 Å². The maximum atomic E-state index is 13.1. The van der Waals surface area contributed by atoms with Crippen LogP contribution < -0.4 is 10.1 Å². The molecule has 2 aromatic heterocycles. The number of ether oxygens (including phenoxy) is 1. The summed E-state index contributed by atoms with van der Waals surface area (Å²) in [6.45, 7) is 3.64. The average molecular weight is 345 g/mol. The van der Waals surface area contributed by atoms with E-state index in [2.05, 4.69) is 9.97 Å². The Kier molecular flexibility index (Phi) is 5.19. The predicted octanol–water partition coefficient (Wildman–Crippen LogP) is 3.36. The van der Waals surface area contributed by atoms with Crippen molar-refractivity contribution in [2.45, 2.75) is 32.2 Å². The molecule has 0 saturated heterocycles. The topological polar surface area (TPSA) is 64.1 Å². The zero-order valence-corrected chi connectivity index (χ0v) is 13.1. The van der Waals surface area contributed by atoms with E-state index in [4.69, 9.17) is 4.74 Å². The van der Waals surface area contributed by atoms with Crippen molar-refractivity contribution in [3.63, 3.8) is 0 Å². The first-order valence-corrected chi connectivity index (χ1v) is 7.55. The van der Waals surface area contributed by atoms with Gasteiger partial charge in [-0.2, -0.15) is 13.2 Å². The van der Waals surface area contributed by atoms with Crippen LogP contribution in [-0.2, 0) is 0 Å². The molecule has 0 aromatic carbocycles. The SMILES string of the molecule is CC(C)Oc1ccc(C(=O)NC(c2nccs2)C(F)(F)F)nc1. The molecule has 5 nitrogen and oxygen atoms in total. The number of halogens is 3. The summed E-state index contributed by atoms with van der Waals surface area (Å²) >= 11 is 0.818. The molecule has 2 aromatic rings. The summed E-state index contributed by atoms with van der Waals surface area (Å²) in [6.07, 6.45) is -2.17. The average Bonchev–Trinajstić information content (AvgIpc) is 2.97. The molecule has 1 N–H and O–H groups in total. The number of alkyl halides is 3. The van der Waals surface area contributed by atoms with Crippen molar-refractivity contribution >= 4 is 17.2 Å². The molecule has 124 valence electrons. The Hall–Kier alpha value is -2.16. The first-order chi connectivity index (χ1) is 10.8. The lowest BCUT2D eigenvalue weighted by Gasteiger charge is -2.19. The van der Waals surface area contributed by atoms with Gasteiger partial charge < -0.3 is 10.1 Å². The minimum Gasteiger partial charge on any atom is -0.489 e. The van der Waals surface area contributed by atoms with Gasteiger partial charge in [0.05, 0.1) is 12.3 Å². The molecule has 1 atom stereocenters. The fourth-order valence-electron chi connectivity index (χ4n) is 1.72. The Morgan fingerprint density at radius 1 is 1.30 bits per heavy atom. The van der Waals surface area contributed by atoms with E-state index in [0.717, 1.165) is 11.3 Å². The van der Waals surface area contributed by atoms with Gasteiger partial charge in [-0.3, -0.25) is 4.79 Å². The van der Waals surface area contributed by atoms with Gasteiger partial charge in [-0.15, -0.1) is 11.3 Å². The normalized spacial score (nSPS) is 13.0. The second-order valence-electron chi connectivity index (χ2n) is 4.86. The van der Waals surface area contributed by atoms with Gasteiger partial charge in [0.15, 0.2) is 6.04 Å². The Balaban J connectivity index is 2.13. The molecule has 0 fully saturated rings. The molecule has 0 bridgehead atoms. The molecular formula is C14H14F3N3O2S. The van der Waals surface area contributed by atoms with E-state index in [9.17, 15) is 18.0 Å². The standard InChI is InChI=1S/C14H14F3N3O2S/c1-8(2)22-9-3-4-10(19-7-9)12(21)20-11(14(15,16)17)13-18-5-6-23-13/h3-8,11H,1-2H3,(H,20,21). The van der Waals surface area contributed by atoms with Gasteiger partial charge >= 0.3 is 6.18 Å². The van der Waals surface area contributed by atoms with Gasteiger partial charge in [0, 0.05) is 11.6 Å². The monoisotopic (exact) mass is 345 g/mol. The highest BCUT2D eigenvalue weighted by molar-refractivity contribution is 7.09. The molecule has 0 aliphatic carbocycles. The van der Waals surface area contributed by atoms with Crippen LogP contribution in [0.15, 0.2) is 29.9 Å². The minimum atomic E-state index is -4.64. The third kappa shape index (κ3) is 4.65. The lowest BCUT2D eigenvalue weighted by atomic mass is 10.2. The molecular weight excluding hydrogens is 331 g/mol. The number of pyridine rings is 1. The number of rotatable bonds is 5. The number of thiazole rings is 1. The van der Waals surface area contributed by atoms with Crippen molar-refractivity contribution in [3.8, 4) is 5.75 Å². The molecule has 2 rings (SSSR count). The van der Waals surface area contributed by atoms with Crippen LogP contribution in [-0.4, -0.2) is 28.2 Å². The number of hydrogen-bond acceptors (Lipinski definition) is 5. The van der Waals surface area contributed by atoms with Crippen LogP contribution in [0.4, 0.5) is 13.2 Å². The summed E-state index contributed by atoms with van der Waals surface area (Å²) in [4.78, 5) is 19.4. The van der Waals surface area contributed by atoms with Crippen LogP contribution in [0, 0.1) is 0 Å².